The molecule has 0 spiro atoms. The zero-order chi connectivity index (χ0) is 17.5. The summed E-state index contributed by atoms with van der Waals surface area (Å²) < 4.78 is 27.3. The molecule has 5 nitrogen and oxygen atoms in total. The zero-order valence-corrected chi connectivity index (χ0v) is 14.7. The Morgan fingerprint density at radius 3 is 2.46 bits per heavy atom. The molecular weight excluding hydrogens is 324 g/mol. The minimum Gasteiger partial charge on any atom is -0.325 e. The van der Waals surface area contributed by atoms with Gasteiger partial charge in [-0.25, -0.2) is 8.42 Å². The summed E-state index contributed by atoms with van der Waals surface area (Å²) in [5, 5.41) is 2.76. The fourth-order valence-electron chi connectivity index (χ4n) is 2.87. The van der Waals surface area contributed by atoms with Gasteiger partial charge in [0.15, 0.2) is 0 Å². The van der Waals surface area contributed by atoms with Crippen LogP contribution in [0.1, 0.15) is 36.9 Å². The summed E-state index contributed by atoms with van der Waals surface area (Å²) in [6.07, 6.45) is 0. The van der Waals surface area contributed by atoms with E-state index in [1.54, 1.807) is 32.2 Å². The van der Waals surface area contributed by atoms with Gasteiger partial charge in [0.1, 0.15) is 0 Å². The second kappa shape index (κ2) is 6.03. The molecule has 0 saturated heterocycles. The summed E-state index contributed by atoms with van der Waals surface area (Å²) >= 11 is 0. The van der Waals surface area contributed by atoms with E-state index in [-0.39, 0.29) is 22.8 Å². The quantitative estimate of drug-likeness (QED) is 0.927. The Hall–Kier alpha value is -2.18. The highest BCUT2D eigenvalue weighted by molar-refractivity contribution is 7.89. The van der Waals surface area contributed by atoms with E-state index in [0.29, 0.717) is 5.69 Å². The van der Waals surface area contributed by atoms with Gasteiger partial charge in [-0.15, -0.1) is 0 Å². The van der Waals surface area contributed by atoms with Gasteiger partial charge in [0, 0.05) is 18.8 Å². The lowest BCUT2D eigenvalue weighted by molar-refractivity contribution is -0.116. The van der Waals surface area contributed by atoms with E-state index in [9.17, 15) is 13.2 Å². The number of fused-ring (bicyclic) bond motifs is 1. The molecule has 1 heterocycles. The van der Waals surface area contributed by atoms with Crippen LogP contribution in [-0.2, 0) is 14.8 Å². The lowest BCUT2D eigenvalue weighted by atomic mass is 10.0. The molecule has 2 aromatic rings. The monoisotopic (exact) mass is 344 g/mol. The third-order valence-corrected chi connectivity index (χ3v) is 6.57. The second-order valence-electron chi connectivity index (χ2n) is 6.07. The maximum absolute atomic E-state index is 13.0. The minimum atomic E-state index is -3.65. The summed E-state index contributed by atoms with van der Waals surface area (Å²) in [5.41, 5.74) is 2.34. The molecular formula is C18H20N2O3S. The molecule has 1 aliphatic rings. The highest BCUT2D eigenvalue weighted by atomic mass is 32.2. The Balaban J connectivity index is 1.95. The van der Waals surface area contributed by atoms with Crippen molar-refractivity contribution in [3.8, 4) is 0 Å². The van der Waals surface area contributed by atoms with Crippen LogP contribution in [0.5, 0.6) is 0 Å². The van der Waals surface area contributed by atoms with Crippen molar-refractivity contribution in [2.24, 2.45) is 0 Å². The van der Waals surface area contributed by atoms with Gasteiger partial charge in [-0.2, -0.15) is 4.31 Å². The van der Waals surface area contributed by atoms with E-state index in [2.05, 4.69) is 5.32 Å². The summed E-state index contributed by atoms with van der Waals surface area (Å²) in [6.45, 7) is 3.63. The number of hydrogen-bond donors (Lipinski definition) is 1. The predicted octanol–water partition coefficient (Wildman–Crippen LogP) is 3.12. The van der Waals surface area contributed by atoms with Gasteiger partial charge in [0.05, 0.1) is 10.8 Å². The van der Waals surface area contributed by atoms with Crippen LogP contribution >= 0.6 is 0 Å². The normalized spacial score (nSPS) is 18.3. The van der Waals surface area contributed by atoms with Gasteiger partial charge in [0.25, 0.3) is 0 Å². The highest BCUT2D eigenvalue weighted by Crippen LogP contribution is 2.35. The van der Waals surface area contributed by atoms with Crippen LogP contribution in [0.4, 0.5) is 5.69 Å². The second-order valence-corrected chi connectivity index (χ2v) is 8.07. The molecule has 126 valence electrons. The van der Waals surface area contributed by atoms with Crippen LogP contribution in [-0.4, -0.2) is 25.7 Å². The van der Waals surface area contributed by atoms with E-state index in [1.165, 1.54) is 4.31 Å². The number of benzene rings is 2. The van der Waals surface area contributed by atoms with Crippen LogP contribution in [0.25, 0.3) is 0 Å². The molecule has 1 amide bonds. The number of nitrogens with zero attached hydrogens (tertiary/aromatic N) is 1. The first-order valence-corrected chi connectivity index (χ1v) is 9.24. The molecule has 1 N–H and O–H groups in total. The Labute approximate surface area is 142 Å². The van der Waals surface area contributed by atoms with Crippen molar-refractivity contribution in [1.29, 1.82) is 0 Å². The van der Waals surface area contributed by atoms with Crippen molar-refractivity contribution in [2.75, 3.05) is 12.4 Å². The molecule has 0 aliphatic carbocycles. The van der Waals surface area contributed by atoms with Crippen molar-refractivity contribution in [3.63, 3.8) is 0 Å². The molecule has 0 fully saturated rings. The van der Waals surface area contributed by atoms with Crippen molar-refractivity contribution in [2.45, 2.75) is 30.7 Å². The first-order valence-electron chi connectivity index (χ1n) is 7.80. The molecule has 0 bridgehead atoms. The SMILES string of the molecule is C[C@H]1C(=O)Nc2ccc(S(=O)(=O)N(C)[C@@H](C)c3ccccc3)cc21. The first-order chi connectivity index (χ1) is 11.3. The molecule has 0 unspecified atom stereocenters. The van der Waals surface area contributed by atoms with Crippen LogP contribution in [0.15, 0.2) is 53.4 Å². The molecule has 1 aliphatic heterocycles. The Bertz CT molecular complexity index is 878. The highest BCUT2D eigenvalue weighted by Gasteiger charge is 2.31. The smallest absolute Gasteiger partial charge is 0.243 e. The van der Waals surface area contributed by atoms with Gasteiger partial charge >= 0.3 is 0 Å². The lowest BCUT2D eigenvalue weighted by Crippen LogP contribution is -2.29. The van der Waals surface area contributed by atoms with E-state index < -0.39 is 10.0 Å². The Kier molecular flexibility index (Phi) is 4.19. The summed E-state index contributed by atoms with van der Waals surface area (Å²) in [4.78, 5) is 12.0. The van der Waals surface area contributed by atoms with E-state index >= 15 is 0 Å². The maximum Gasteiger partial charge on any atom is 0.243 e. The Morgan fingerprint density at radius 1 is 1.12 bits per heavy atom. The number of sulfonamides is 1. The van der Waals surface area contributed by atoms with Gasteiger partial charge in [-0.1, -0.05) is 30.3 Å². The molecule has 2 atom stereocenters. The van der Waals surface area contributed by atoms with Crippen LogP contribution < -0.4 is 5.32 Å². The summed E-state index contributed by atoms with van der Waals surface area (Å²) in [5.74, 6) is -0.447. The van der Waals surface area contributed by atoms with Gasteiger partial charge in [-0.3, -0.25) is 4.79 Å². The van der Waals surface area contributed by atoms with E-state index in [1.807, 2.05) is 37.3 Å². The maximum atomic E-state index is 13.0. The first kappa shape index (κ1) is 16.7. The zero-order valence-electron chi connectivity index (χ0n) is 13.9. The molecule has 3 rings (SSSR count). The third-order valence-electron chi connectivity index (χ3n) is 4.65. The number of rotatable bonds is 4. The van der Waals surface area contributed by atoms with Crippen molar-refractivity contribution >= 4 is 21.6 Å². The largest absolute Gasteiger partial charge is 0.325 e. The fourth-order valence-corrected chi connectivity index (χ4v) is 4.26. The van der Waals surface area contributed by atoms with E-state index in [0.717, 1.165) is 11.1 Å². The predicted molar refractivity (Wildman–Crippen MR) is 93.3 cm³/mol. The van der Waals surface area contributed by atoms with Crippen molar-refractivity contribution < 1.29 is 13.2 Å². The third kappa shape index (κ3) is 2.72. The molecule has 0 aromatic heterocycles. The topological polar surface area (TPSA) is 66.5 Å². The number of amides is 1. The molecule has 2 aromatic carbocycles. The molecule has 24 heavy (non-hydrogen) atoms. The van der Waals surface area contributed by atoms with Crippen LogP contribution in [0.3, 0.4) is 0 Å². The van der Waals surface area contributed by atoms with Crippen LogP contribution in [0, 0.1) is 0 Å². The average molecular weight is 344 g/mol. The number of carbonyl (C=O) groups excluding carboxylic acids is 1. The van der Waals surface area contributed by atoms with Crippen LogP contribution in [0.2, 0.25) is 0 Å². The lowest BCUT2D eigenvalue weighted by Gasteiger charge is -2.25. The molecule has 0 radical (unpaired) electrons. The van der Waals surface area contributed by atoms with Crippen molar-refractivity contribution in [3.05, 3.63) is 59.7 Å². The summed E-state index contributed by atoms with van der Waals surface area (Å²) in [6, 6.07) is 14.0. The number of hydrogen-bond acceptors (Lipinski definition) is 3. The molecule has 6 heteroatoms. The number of anilines is 1. The summed E-state index contributed by atoms with van der Waals surface area (Å²) in [7, 11) is -2.08. The minimum absolute atomic E-state index is 0.106. The molecule has 0 saturated carbocycles. The van der Waals surface area contributed by atoms with Gasteiger partial charge < -0.3 is 5.32 Å². The fraction of sp³-hybridized carbons (Fsp3) is 0.278. The van der Waals surface area contributed by atoms with E-state index in [4.69, 9.17) is 0 Å². The van der Waals surface area contributed by atoms with Gasteiger partial charge in [0.2, 0.25) is 15.9 Å². The standard InChI is InChI=1S/C18H20N2O3S/c1-12-16-11-15(9-10-17(16)19-18(12)21)24(22,23)20(3)13(2)14-7-5-4-6-8-14/h4-13H,1-3H3,(H,19,21)/t12-,13+/m1/s1. The van der Waals surface area contributed by atoms with Gasteiger partial charge in [-0.05, 0) is 43.2 Å². The van der Waals surface area contributed by atoms with Crippen molar-refractivity contribution in [1.82, 2.24) is 4.31 Å². The number of carbonyl (C=O) groups is 1. The Morgan fingerprint density at radius 2 is 1.79 bits per heavy atom. The average Bonchev–Trinajstić information content (AvgIpc) is 2.88. The number of nitrogens with one attached hydrogen (secondary N) is 1.